The number of rotatable bonds is 8. The highest BCUT2D eigenvalue weighted by molar-refractivity contribution is 6.30. The lowest BCUT2D eigenvalue weighted by Gasteiger charge is -2.31. The first-order valence-electron chi connectivity index (χ1n) is 9.99. The maximum atomic E-state index is 13.3. The summed E-state index contributed by atoms with van der Waals surface area (Å²) >= 11 is 5.94. The quantitative estimate of drug-likeness (QED) is 0.548. The second kappa shape index (κ2) is 10.6. The molecule has 0 heterocycles. The van der Waals surface area contributed by atoms with E-state index in [1.54, 1.807) is 17.0 Å². The van der Waals surface area contributed by atoms with Crippen LogP contribution in [-0.4, -0.2) is 16.7 Å². The summed E-state index contributed by atoms with van der Waals surface area (Å²) in [5, 5.41) is 3.63. The molecule has 3 aromatic carbocycles. The first kappa shape index (κ1) is 21.6. The van der Waals surface area contributed by atoms with Crippen LogP contribution in [0.15, 0.2) is 84.9 Å². The van der Waals surface area contributed by atoms with Crippen molar-refractivity contribution in [3.8, 4) is 0 Å². The van der Waals surface area contributed by atoms with Crippen molar-refractivity contribution in [2.75, 3.05) is 0 Å². The molecule has 0 bridgehead atoms. The van der Waals surface area contributed by atoms with Crippen LogP contribution in [0.1, 0.15) is 36.1 Å². The minimum atomic E-state index is -0.717. The van der Waals surface area contributed by atoms with Gasteiger partial charge in [0.25, 0.3) is 0 Å². The molecule has 3 aromatic rings. The molecule has 0 saturated heterocycles. The number of hydrogen-bond acceptors (Lipinski definition) is 2. The van der Waals surface area contributed by atoms with Gasteiger partial charge < -0.3 is 10.2 Å². The molecule has 30 heavy (non-hydrogen) atoms. The van der Waals surface area contributed by atoms with E-state index >= 15 is 0 Å². The molecule has 0 unspecified atom stereocenters. The number of hydrogen-bond donors (Lipinski definition) is 1. The third kappa shape index (κ3) is 5.71. The van der Waals surface area contributed by atoms with Crippen molar-refractivity contribution >= 4 is 23.4 Å². The van der Waals surface area contributed by atoms with Gasteiger partial charge in [0.05, 0.1) is 0 Å². The van der Waals surface area contributed by atoms with Crippen LogP contribution in [0.2, 0.25) is 5.02 Å². The van der Waals surface area contributed by atoms with E-state index in [0.717, 1.165) is 16.7 Å². The van der Waals surface area contributed by atoms with Gasteiger partial charge in [-0.2, -0.15) is 0 Å². The molecule has 3 rings (SSSR count). The van der Waals surface area contributed by atoms with Crippen LogP contribution in [0.3, 0.4) is 0 Å². The Morgan fingerprint density at radius 3 is 2.07 bits per heavy atom. The summed E-state index contributed by atoms with van der Waals surface area (Å²) in [6, 6.07) is 25.8. The Morgan fingerprint density at radius 1 is 0.867 bits per heavy atom. The topological polar surface area (TPSA) is 49.4 Å². The highest BCUT2D eigenvalue weighted by Crippen LogP contribution is 2.25. The Kier molecular flexibility index (Phi) is 7.63. The molecule has 4 nitrogen and oxygen atoms in total. The fourth-order valence-corrected chi connectivity index (χ4v) is 3.43. The summed E-state index contributed by atoms with van der Waals surface area (Å²) in [6.07, 6.45) is 0.320. The third-order valence-electron chi connectivity index (χ3n) is 4.87. The van der Waals surface area contributed by atoms with Crippen LogP contribution in [0.5, 0.6) is 0 Å². The highest BCUT2D eigenvalue weighted by Gasteiger charge is 2.30. The van der Waals surface area contributed by atoms with Gasteiger partial charge in [0, 0.05) is 24.5 Å². The smallest absolute Gasteiger partial charge is 0.247 e. The molecule has 0 radical (unpaired) electrons. The molecule has 0 spiro atoms. The lowest BCUT2D eigenvalue weighted by molar-refractivity contribution is -0.141. The van der Waals surface area contributed by atoms with Crippen LogP contribution >= 0.6 is 11.6 Å². The van der Waals surface area contributed by atoms with Crippen molar-refractivity contribution in [1.29, 1.82) is 0 Å². The molecule has 1 N–H and O–H groups in total. The summed E-state index contributed by atoms with van der Waals surface area (Å²) in [5.41, 5.74) is 2.70. The largest absolute Gasteiger partial charge is 0.350 e. The minimum absolute atomic E-state index is 0.0747. The number of halogens is 1. The van der Waals surface area contributed by atoms with E-state index in [2.05, 4.69) is 5.32 Å². The molecule has 1 atom stereocenters. The molecule has 0 aromatic heterocycles. The molecular formula is C25H25ClN2O2. The predicted octanol–water partition coefficient (Wildman–Crippen LogP) is 5.14. The van der Waals surface area contributed by atoms with E-state index in [1.165, 1.54) is 0 Å². The van der Waals surface area contributed by atoms with E-state index in [0.29, 0.717) is 24.5 Å². The molecule has 0 aliphatic carbocycles. The number of benzene rings is 3. The van der Waals surface area contributed by atoms with Crippen molar-refractivity contribution in [1.82, 2.24) is 10.2 Å². The molecule has 0 aliphatic rings. The lowest BCUT2D eigenvalue weighted by atomic mass is 10.0. The maximum absolute atomic E-state index is 13.3. The first-order chi connectivity index (χ1) is 14.6. The number of carbonyl (C=O) groups excluding carboxylic acids is 2. The summed E-state index contributed by atoms with van der Waals surface area (Å²) < 4.78 is 0. The summed E-state index contributed by atoms with van der Waals surface area (Å²) in [6.45, 7) is 2.54. The van der Waals surface area contributed by atoms with E-state index in [9.17, 15) is 9.59 Å². The summed E-state index contributed by atoms with van der Waals surface area (Å²) in [5.74, 6) is -0.289. The zero-order valence-corrected chi connectivity index (χ0v) is 17.7. The van der Waals surface area contributed by atoms with Crippen molar-refractivity contribution in [2.45, 2.75) is 32.5 Å². The van der Waals surface area contributed by atoms with Crippen LogP contribution in [0.4, 0.5) is 0 Å². The van der Waals surface area contributed by atoms with Gasteiger partial charge in [-0.3, -0.25) is 9.59 Å². The zero-order chi connectivity index (χ0) is 21.3. The number of nitrogens with one attached hydrogen (secondary N) is 1. The first-order valence-corrected chi connectivity index (χ1v) is 10.4. The van der Waals surface area contributed by atoms with Crippen LogP contribution < -0.4 is 5.32 Å². The van der Waals surface area contributed by atoms with Crippen molar-refractivity contribution in [3.05, 3.63) is 107 Å². The van der Waals surface area contributed by atoms with E-state index < -0.39 is 6.04 Å². The molecule has 0 aliphatic heterocycles. The van der Waals surface area contributed by atoms with Crippen LogP contribution in [-0.2, 0) is 22.7 Å². The van der Waals surface area contributed by atoms with Crippen LogP contribution in [0, 0.1) is 0 Å². The molecule has 5 heteroatoms. The molecule has 2 amide bonds. The zero-order valence-electron chi connectivity index (χ0n) is 16.9. The Bertz CT molecular complexity index is 959. The lowest BCUT2D eigenvalue weighted by Crippen LogP contribution is -2.43. The second-order valence-electron chi connectivity index (χ2n) is 7.02. The van der Waals surface area contributed by atoms with Crippen LogP contribution in [0.25, 0.3) is 0 Å². The van der Waals surface area contributed by atoms with Gasteiger partial charge in [0.2, 0.25) is 11.8 Å². The minimum Gasteiger partial charge on any atom is -0.350 e. The average molecular weight is 421 g/mol. The van der Waals surface area contributed by atoms with Gasteiger partial charge >= 0.3 is 0 Å². The normalized spacial score (nSPS) is 11.5. The Balaban J connectivity index is 1.88. The number of carbonyl (C=O) groups is 2. The molecule has 154 valence electrons. The average Bonchev–Trinajstić information content (AvgIpc) is 2.79. The molecular weight excluding hydrogens is 396 g/mol. The second-order valence-corrected chi connectivity index (χ2v) is 7.45. The Morgan fingerprint density at radius 2 is 1.47 bits per heavy atom. The Labute approximate surface area is 182 Å². The Hall–Kier alpha value is -3.11. The predicted molar refractivity (Wildman–Crippen MR) is 120 cm³/mol. The third-order valence-corrected chi connectivity index (χ3v) is 5.13. The molecule has 0 fully saturated rings. The van der Waals surface area contributed by atoms with Gasteiger partial charge in [-0.05, 0) is 28.8 Å². The van der Waals surface area contributed by atoms with Gasteiger partial charge in [-0.15, -0.1) is 0 Å². The fourth-order valence-electron chi connectivity index (χ4n) is 3.30. The van der Waals surface area contributed by atoms with Gasteiger partial charge in [-0.1, -0.05) is 91.3 Å². The fraction of sp³-hybridized carbons (Fsp3) is 0.200. The monoisotopic (exact) mass is 420 g/mol. The number of nitrogens with zero attached hydrogens (tertiary/aromatic N) is 1. The molecule has 0 saturated carbocycles. The van der Waals surface area contributed by atoms with Crippen molar-refractivity contribution in [3.63, 3.8) is 0 Å². The summed E-state index contributed by atoms with van der Waals surface area (Å²) in [7, 11) is 0. The van der Waals surface area contributed by atoms with Gasteiger partial charge in [0.1, 0.15) is 6.04 Å². The standard InChI is InChI=1S/C25H25ClN2O2/c1-2-23(29)28(18-20-9-5-3-6-10-20)24(21-11-7-4-8-12-21)25(30)27-17-19-13-15-22(26)16-14-19/h3-16,24H,2,17-18H2,1H3,(H,27,30)/t24-/m1/s1. The van der Waals surface area contributed by atoms with Gasteiger partial charge in [-0.25, -0.2) is 0 Å². The van der Waals surface area contributed by atoms with Crippen molar-refractivity contribution in [2.24, 2.45) is 0 Å². The van der Waals surface area contributed by atoms with E-state index in [1.807, 2.05) is 79.7 Å². The van der Waals surface area contributed by atoms with Crippen molar-refractivity contribution < 1.29 is 9.59 Å². The summed E-state index contributed by atoms with van der Waals surface area (Å²) in [4.78, 5) is 27.8. The van der Waals surface area contributed by atoms with Gasteiger partial charge in [0.15, 0.2) is 0 Å². The van der Waals surface area contributed by atoms with E-state index in [4.69, 9.17) is 11.6 Å². The number of amides is 2. The highest BCUT2D eigenvalue weighted by atomic mass is 35.5. The van der Waals surface area contributed by atoms with E-state index in [-0.39, 0.29) is 11.8 Å². The SMILES string of the molecule is CCC(=O)N(Cc1ccccc1)[C@@H](C(=O)NCc1ccc(Cl)cc1)c1ccccc1. The maximum Gasteiger partial charge on any atom is 0.247 e.